The summed E-state index contributed by atoms with van der Waals surface area (Å²) in [7, 11) is 0. The molecule has 0 aliphatic rings. The Kier molecular flexibility index (Phi) is 2.56. The smallest absolute Gasteiger partial charge is 0.189 e. The van der Waals surface area contributed by atoms with Gasteiger partial charge in [-0.05, 0) is 19.1 Å². The Morgan fingerprint density at radius 1 is 1.14 bits per heavy atom. The molecule has 3 heterocycles. The van der Waals surface area contributed by atoms with Crippen LogP contribution in [0.1, 0.15) is 11.4 Å². The second-order valence-electron chi connectivity index (χ2n) is 4.88. The summed E-state index contributed by atoms with van der Waals surface area (Å²) in [4.78, 5) is 11.4. The van der Waals surface area contributed by atoms with Crippen molar-refractivity contribution in [2.75, 3.05) is 5.32 Å². The Labute approximate surface area is 120 Å². The molecule has 0 fully saturated rings. The molecule has 104 valence electrons. The molecule has 0 saturated heterocycles. The number of rotatable bonds is 3. The first-order valence-corrected chi connectivity index (χ1v) is 6.63. The van der Waals surface area contributed by atoms with Crippen LogP contribution in [0, 0.1) is 6.92 Å². The number of fused-ring (bicyclic) bond motifs is 3. The maximum Gasteiger partial charge on any atom is 0.189 e. The van der Waals surface area contributed by atoms with E-state index in [4.69, 9.17) is 0 Å². The van der Waals surface area contributed by atoms with Crippen molar-refractivity contribution in [2.45, 2.75) is 13.5 Å². The van der Waals surface area contributed by atoms with Crippen LogP contribution >= 0.6 is 0 Å². The number of nitrogens with one attached hydrogen (secondary N) is 2. The van der Waals surface area contributed by atoms with E-state index in [1.54, 1.807) is 12.7 Å². The SMILES string of the molecule is Cc1ccc(NCc2nnc3c4[nH]cnc4ncn23)cc1. The predicted octanol–water partition coefficient (Wildman–Crippen LogP) is 1.92. The highest BCUT2D eigenvalue weighted by Crippen LogP contribution is 2.14. The van der Waals surface area contributed by atoms with Crippen LogP contribution in [-0.4, -0.2) is 29.5 Å². The molecule has 4 aromatic rings. The highest BCUT2D eigenvalue weighted by molar-refractivity contribution is 5.84. The van der Waals surface area contributed by atoms with Crippen LogP contribution in [0.2, 0.25) is 0 Å². The first-order chi connectivity index (χ1) is 10.3. The molecule has 1 aromatic carbocycles. The number of H-pyrrole nitrogens is 1. The Morgan fingerprint density at radius 2 is 2.00 bits per heavy atom. The highest BCUT2D eigenvalue weighted by atomic mass is 15.3. The summed E-state index contributed by atoms with van der Waals surface area (Å²) >= 11 is 0. The van der Waals surface area contributed by atoms with Crippen LogP contribution in [0.4, 0.5) is 5.69 Å². The lowest BCUT2D eigenvalue weighted by Crippen LogP contribution is -2.04. The van der Waals surface area contributed by atoms with E-state index in [0.717, 1.165) is 22.7 Å². The number of aryl methyl sites for hydroxylation is 1. The van der Waals surface area contributed by atoms with Crippen molar-refractivity contribution in [2.24, 2.45) is 0 Å². The summed E-state index contributed by atoms with van der Waals surface area (Å²) in [5.41, 5.74) is 4.46. The molecule has 0 spiro atoms. The Hall–Kier alpha value is -2.96. The first kappa shape index (κ1) is 11.8. The van der Waals surface area contributed by atoms with Crippen LogP contribution in [-0.2, 0) is 6.54 Å². The van der Waals surface area contributed by atoms with Gasteiger partial charge in [0.1, 0.15) is 11.8 Å². The van der Waals surface area contributed by atoms with Gasteiger partial charge in [-0.25, -0.2) is 9.97 Å². The minimum atomic E-state index is 0.575. The van der Waals surface area contributed by atoms with Gasteiger partial charge in [0.05, 0.1) is 12.9 Å². The predicted molar refractivity (Wildman–Crippen MR) is 78.9 cm³/mol. The molecule has 0 aliphatic carbocycles. The second-order valence-corrected chi connectivity index (χ2v) is 4.88. The van der Waals surface area contributed by atoms with Gasteiger partial charge in [-0.3, -0.25) is 4.40 Å². The van der Waals surface area contributed by atoms with Crippen LogP contribution in [0.25, 0.3) is 16.8 Å². The van der Waals surface area contributed by atoms with E-state index in [0.29, 0.717) is 12.2 Å². The minimum absolute atomic E-state index is 0.575. The van der Waals surface area contributed by atoms with E-state index in [9.17, 15) is 0 Å². The molecular weight excluding hydrogens is 266 g/mol. The van der Waals surface area contributed by atoms with Crippen LogP contribution < -0.4 is 5.32 Å². The van der Waals surface area contributed by atoms with Gasteiger partial charge < -0.3 is 10.3 Å². The van der Waals surface area contributed by atoms with E-state index in [-0.39, 0.29) is 0 Å². The van der Waals surface area contributed by atoms with Crippen molar-refractivity contribution in [1.29, 1.82) is 0 Å². The molecule has 0 radical (unpaired) electrons. The molecule has 0 saturated carbocycles. The summed E-state index contributed by atoms with van der Waals surface area (Å²) in [5.74, 6) is 0.801. The first-order valence-electron chi connectivity index (χ1n) is 6.63. The van der Waals surface area contributed by atoms with E-state index in [1.807, 2.05) is 16.5 Å². The molecule has 7 heteroatoms. The van der Waals surface area contributed by atoms with Crippen molar-refractivity contribution in [3.8, 4) is 0 Å². The maximum absolute atomic E-state index is 4.28. The van der Waals surface area contributed by atoms with Gasteiger partial charge >= 0.3 is 0 Å². The van der Waals surface area contributed by atoms with E-state index >= 15 is 0 Å². The minimum Gasteiger partial charge on any atom is -0.378 e. The number of aromatic nitrogens is 6. The number of aromatic amines is 1. The summed E-state index contributed by atoms with van der Waals surface area (Å²) in [5, 5.41) is 11.8. The summed E-state index contributed by atoms with van der Waals surface area (Å²) in [6.07, 6.45) is 3.31. The number of nitrogens with zero attached hydrogens (tertiary/aromatic N) is 5. The third-order valence-electron chi connectivity index (χ3n) is 3.41. The molecule has 21 heavy (non-hydrogen) atoms. The standard InChI is InChI=1S/C14H13N7/c1-9-2-4-10(5-3-9)15-6-11-19-20-14-12-13(17-7-16-12)18-8-21(11)14/h2-5,7-8,15H,6H2,1H3,(H,16,17). The molecule has 7 nitrogen and oxygen atoms in total. The summed E-state index contributed by atoms with van der Waals surface area (Å²) in [6.45, 7) is 2.64. The zero-order valence-corrected chi connectivity index (χ0v) is 11.4. The second kappa shape index (κ2) is 4.55. The van der Waals surface area contributed by atoms with Gasteiger partial charge in [0.15, 0.2) is 17.1 Å². The number of benzene rings is 1. The van der Waals surface area contributed by atoms with Gasteiger partial charge in [0, 0.05) is 5.69 Å². The van der Waals surface area contributed by atoms with Crippen LogP contribution in [0.5, 0.6) is 0 Å². The van der Waals surface area contributed by atoms with Gasteiger partial charge in [0.25, 0.3) is 0 Å². The third-order valence-corrected chi connectivity index (χ3v) is 3.41. The van der Waals surface area contributed by atoms with E-state index < -0.39 is 0 Å². The molecule has 0 unspecified atom stereocenters. The van der Waals surface area contributed by atoms with Gasteiger partial charge in [0.2, 0.25) is 0 Å². The van der Waals surface area contributed by atoms with E-state index in [1.165, 1.54) is 5.56 Å². The molecule has 0 bridgehead atoms. The number of hydrogen-bond acceptors (Lipinski definition) is 5. The molecule has 0 aliphatic heterocycles. The van der Waals surface area contributed by atoms with Crippen molar-refractivity contribution >= 4 is 22.5 Å². The topological polar surface area (TPSA) is 83.8 Å². The largest absolute Gasteiger partial charge is 0.378 e. The molecule has 4 rings (SSSR count). The summed E-state index contributed by atoms with van der Waals surface area (Å²) in [6, 6.07) is 8.23. The fraction of sp³-hybridized carbons (Fsp3) is 0.143. The lowest BCUT2D eigenvalue weighted by atomic mass is 10.2. The Bertz CT molecular complexity index is 904. The molecule has 2 N–H and O–H groups in total. The number of anilines is 1. The lowest BCUT2D eigenvalue weighted by molar-refractivity contribution is 0.906. The monoisotopic (exact) mass is 279 g/mol. The normalized spacial score (nSPS) is 11.3. The van der Waals surface area contributed by atoms with Crippen LogP contribution in [0.15, 0.2) is 36.9 Å². The quantitative estimate of drug-likeness (QED) is 0.598. The van der Waals surface area contributed by atoms with E-state index in [2.05, 4.69) is 49.5 Å². The van der Waals surface area contributed by atoms with Crippen molar-refractivity contribution in [3.05, 3.63) is 48.3 Å². The number of hydrogen-bond donors (Lipinski definition) is 2. The van der Waals surface area contributed by atoms with Gasteiger partial charge in [-0.1, -0.05) is 17.7 Å². The lowest BCUT2D eigenvalue weighted by Gasteiger charge is -2.05. The van der Waals surface area contributed by atoms with Crippen molar-refractivity contribution < 1.29 is 0 Å². The maximum atomic E-state index is 4.28. The van der Waals surface area contributed by atoms with Crippen molar-refractivity contribution in [1.82, 2.24) is 29.5 Å². The number of imidazole rings is 1. The average molecular weight is 279 g/mol. The Balaban J connectivity index is 1.66. The fourth-order valence-electron chi connectivity index (χ4n) is 2.25. The zero-order valence-electron chi connectivity index (χ0n) is 11.4. The molecule has 3 aromatic heterocycles. The Morgan fingerprint density at radius 3 is 2.86 bits per heavy atom. The molecule has 0 amide bonds. The van der Waals surface area contributed by atoms with Crippen LogP contribution in [0.3, 0.4) is 0 Å². The molecular formula is C14H13N7. The van der Waals surface area contributed by atoms with Gasteiger partial charge in [-0.2, -0.15) is 0 Å². The molecule has 0 atom stereocenters. The summed E-state index contributed by atoms with van der Waals surface area (Å²) < 4.78 is 1.86. The van der Waals surface area contributed by atoms with Crippen molar-refractivity contribution in [3.63, 3.8) is 0 Å². The average Bonchev–Trinajstić information content (AvgIpc) is 3.12. The van der Waals surface area contributed by atoms with Gasteiger partial charge in [-0.15, -0.1) is 10.2 Å². The fourth-order valence-corrected chi connectivity index (χ4v) is 2.25. The zero-order chi connectivity index (χ0) is 14.2. The third kappa shape index (κ3) is 1.99. The highest BCUT2D eigenvalue weighted by Gasteiger charge is 2.10.